The summed E-state index contributed by atoms with van der Waals surface area (Å²) in [5.41, 5.74) is 0.223. The Morgan fingerprint density at radius 3 is 2.14 bits per heavy atom. The van der Waals surface area contributed by atoms with Crippen LogP contribution in [0, 0.1) is 15.9 Å². The molecule has 0 fully saturated rings. The van der Waals surface area contributed by atoms with Crippen LogP contribution < -0.4 is 5.32 Å². The van der Waals surface area contributed by atoms with Gasteiger partial charge in [0, 0.05) is 17.8 Å². The quantitative estimate of drug-likeness (QED) is 0.692. The maximum Gasteiger partial charge on any atom is 0.269 e. The summed E-state index contributed by atoms with van der Waals surface area (Å²) in [5, 5.41) is 13.4. The molecule has 0 radical (unpaired) electrons. The lowest BCUT2D eigenvalue weighted by atomic mass is 9.83. The third-order valence-electron chi connectivity index (χ3n) is 3.47. The Kier molecular flexibility index (Phi) is 4.21. The van der Waals surface area contributed by atoms with E-state index in [0.717, 1.165) is 0 Å². The van der Waals surface area contributed by atoms with Crippen molar-refractivity contribution in [3.05, 3.63) is 70.0 Å². The van der Waals surface area contributed by atoms with Crippen LogP contribution in [0.15, 0.2) is 48.5 Å². The van der Waals surface area contributed by atoms with E-state index in [1.807, 2.05) is 0 Å². The Labute approximate surface area is 126 Å². The molecule has 0 heterocycles. The highest BCUT2D eigenvalue weighted by Gasteiger charge is 2.30. The zero-order valence-electron chi connectivity index (χ0n) is 12.2. The molecule has 2 rings (SSSR count). The maximum absolute atomic E-state index is 12.9. The second-order valence-electron chi connectivity index (χ2n) is 5.39. The van der Waals surface area contributed by atoms with Crippen molar-refractivity contribution in [3.63, 3.8) is 0 Å². The van der Waals surface area contributed by atoms with Crippen molar-refractivity contribution in [1.29, 1.82) is 0 Å². The zero-order valence-corrected chi connectivity index (χ0v) is 12.2. The minimum absolute atomic E-state index is 0.0292. The molecule has 0 aromatic heterocycles. The SMILES string of the molecule is CC(C)(C(=O)Nc1ccc(F)cc1)c1ccc([N+](=O)[O-])cc1. The van der Waals surface area contributed by atoms with Crippen molar-refractivity contribution in [2.75, 3.05) is 5.32 Å². The average molecular weight is 302 g/mol. The molecule has 114 valence electrons. The van der Waals surface area contributed by atoms with Gasteiger partial charge >= 0.3 is 0 Å². The second kappa shape index (κ2) is 5.93. The fourth-order valence-electron chi connectivity index (χ4n) is 1.95. The van der Waals surface area contributed by atoms with Crippen molar-refractivity contribution in [2.45, 2.75) is 19.3 Å². The molecule has 0 bridgehead atoms. The number of non-ortho nitro benzene ring substituents is 1. The molecule has 0 aliphatic carbocycles. The van der Waals surface area contributed by atoms with Crippen LogP contribution in [0.3, 0.4) is 0 Å². The first kappa shape index (κ1) is 15.6. The van der Waals surface area contributed by atoms with Crippen LogP contribution in [0.5, 0.6) is 0 Å². The van der Waals surface area contributed by atoms with Gasteiger partial charge in [0.05, 0.1) is 10.3 Å². The van der Waals surface area contributed by atoms with Crippen LogP contribution in [0.4, 0.5) is 15.8 Å². The van der Waals surface area contributed by atoms with Crippen molar-refractivity contribution >= 4 is 17.3 Å². The summed E-state index contributed by atoms with van der Waals surface area (Å²) in [6.45, 7) is 3.43. The molecule has 0 spiro atoms. The molecule has 6 heteroatoms. The van der Waals surface area contributed by atoms with E-state index in [2.05, 4.69) is 5.32 Å². The molecule has 2 aromatic carbocycles. The van der Waals surface area contributed by atoms with Gasteiger partial charge in [-0.25, -0.2) is 4.39 Å². The number of amides is 1. The molecule has 22 heavy (non-hydrogen) atoms. The molecular weight excluding hydrogens is 287 g/mol. The minimum atomic E-state index is -0.885. The smallest absolute Gasteiger partial charge is 0.269 e. The fraction of sp³-hybridized carbons (Fsp3) is 0.188. The van der Waals surface area contributed by atoms with Gasteiger partial charge in [0.25, 0.3) is 5.69 Å². The highest BCUT2D eigenvalue weighted by molar-refractivity contribution is 5.98. The lowest BCUT2D eigenvalue weighted by Crippen LogP contribution is -2.34. The van der Waals surface area contributed by atoms with E-state index in [1.54, 1.807) is 26.0 Å². The van der Waals surface area contributed by atoms with E-state index >= 15 is 0 Å². The lowest BCUT2D eigenvalue weighted by Gasteiger charge is -2.24. The number of hydrogen-bond donors (Lipinski definition) is 1. The van der Waals surface area contributed by atoms with E-state index in [-0.39, 0.29) is 17.4 Å². The number of anilines is 1. The van der Waals surface area contributed by atoms with E-state index < -0.39 is 10.3 Å². The topological polar surface area (TPSA) is 72.2 Å². The summed E-state index contributed by atoms with van der Waals surface area (Å²) in [6, 6.07) is 11.3. The van der Waals surface area contributed by atoms with Crippen LogP contribution in [-0.2, 0) is 10.2 Å². The number of nitro benzene ring substituents is 1. The molecule has 1 amide bonds. The number of carbonyl (C=O) groups is 1. The summed E-state index contributed by atoms with van der Waals surface area (Å²) in [7, 11) is 0. The molecular formula is C16H15FN2O3. The fourth-order valence-corrected chi connectivity index (χ4v) is 1.95. The lowest BCUT2D eigenvalue weighted by molar-refractivity contribution is -0.384. The molecule has 0 saturated carbocycles. The van der Waals surface area contributed by atoms with Gasteiger partial charge in [-0.1, -0.05) is 12.1 Å². The summed E-state index contributed by atoms with van der Waals surface area (Å²) in [4.78, 5) is 22.6. The standard InChI is InChI=1S/C16H15FN2O3/c1-16(2,11-3-9-14(10-4-11)19(21)22)15(20)18-13-7-5-12(17)6-8-13/h3-10H,1-2H3,(H,18,20). The summed E-state index contributed by atoms with van der Waals surface area (Å²) in [5.74, 6) is -0.666. The van der Waals surface area contributed by atoms with Crippen LogP contribution in [0.2, 0.25) is 0 Å². The number of nitrogens with one attached hydrogen (secondary N) is 1. The van der Waals surface area contributed by atoms with Gasteiger partial charge in [-0.2, -0.15) is 0 Å². The predicted molar refractivity (Wildman–Crippen MR) is 81.2 cm³/mol. The predicted octanol–water partition coefficient (Wildman–Crippen LogP) is 3.65. The third-order valence-corrected chi connectivity index (χ3v) is 3.47. The monoisotopic (exact) mass is 302 g/mol. The second-order valence-corrected chi connectivity index (χ2v) is 5.39. The van der Waals surface area contributed by atoms with Gasteiger partial charge in [-0.15, -0.1) is 0 Å². The van der Waals surface area contributed by atoms with Gasteiger partial charge in [-0.05, 0) is 43.7 Å². The van der Waals surface area contributed by atoms with Crippen molar-refractivity contribution in [3.8, 4) is 0 Å². The Bertz CT molecular complexity index is 694. The molecule has 2 aromatic rings. The van der Waals surface area contributed by atoms with E-state index in [9.17, 15) is 19.3 Å². The van der Waals surface area contributed by atoms with E-state index in [4.69, 9.17) is 0 Å². The Morgan fingerprint density at radius 2 is 1.64 bits per heavy atom. The first-order valence-corrected chi connectivity index (χ1v) is 6.62. The number of halogens is 1. The van der Waals surface area contributed by atoms with Crippen LogP contribution in [-0.4, -0.2) is 10.8 Å². The maximum atomic E-state index is 12.9. The minimum Gasteiger partial charge on any atom is -0.325 e. The molecule has 0 aliphatic heterocycles. The highest BCUT2D eigenvalue weighted by Crippen LogP contribution is 2.27. The van der Waals surface area contributed by atoms with Gasteiger partial charge in [0.1, 0.15) is 5.82 Å². The summed E-state index contributed by atoms with van der Waals surface area (Å²) < 4.78 is 12.9. The van der Waals surface area contributed by atoms with Gasteiger partial charge in [-0.3, -0.25) is 14.9 Å². The highest BCUT2D eigenvalue weighted by atomic mass is 19.1. The summed E-state index contributed by atoms with van der Waals surface area (Å²) >= 11 is 0. The van der Waals surface area contributed by atoms with Gasteiger partial charge in [0.2, 0.25) is 5.91 Å². The Hall–Kier alpha value is -2.76. The zero-order chi connectivity index (χ0) is 16.3. The number of rotatable bonds is 4. The van der Waals surface area contributed by atoms with Crippen LogP contribution >= 0.6 is 0 Å². The molecule has 1 N–H and O–H groups in total. The normalized spacial score (nSPS) is 11.0. The average Bonchev–Trinajstić information content (AvgIpc) is 2.49. The number of carbonyl (C=O) groups excluding carboxylic acids is 1. The van der Waals surface area contributed by atoms with Gasteiger partial charge < -0.3 is 5.32 Å². The number of benzene rings is 2. The Morgan fingerprint density at radius 1 is 1.09 bits per heavy atom. The molecule has 0 atom stereocenters. The summed E-state index contributed by atoms with van der Waals surface area (Å²) in [6.07, 6.45) is 0. The number of nitrogens with zero attached hydrogens (tertiary/aromatic N) is 1. The number of nitro groups is 1. The van der Waals surface area contributed by atoms with Gasteiger partial charge in [0.15, 0.2) is 0 Å². The van der Waals surface area contributed by atoms with Crippen LogP contribution in [0.25, 0.3) is 0 Å². The first-order valence-electron chi connectivity index (χ1n) is 6.62. The van der Waals surface area contributed by atoms with Crippen LogP contribution in [0.1, 0.15) is 19.4 Å². The Balaban J connectivity index is 2.19. The van der Waals surface area contributed by atoms with Crippen molar-refractivity contribution in [2.24, 2.45) is 0 Å². The molecule has 0 unspecified atom stereocenters. The molecule has 5 nitrogen and oxygen atoms in total. The molecule has 0 saturated heterocycles. The van der Waals surface area contributed by atoms with E-state index in [1.165, 1.54) is 36.4 Å². The van der Waals surface area contributed by atoms with Crippen molar-refractivity contribution in [1.82, 2.24) is 0 Å². The molecule has 0 aliphatic rings. The van der Waals surface area contributed by atoms with E-state index in [0.29, 0.717) is 11.3 Å². The first-order chi connectivity index (χ1) is 10.3. The largest absolute Gasteiger partial charge is 0.325 e. The number of hydrogen-bond acceptors (Lipinski definition) is 3. The van der Waals surface area contributed by atoms with Crippen molar-refractivity contribution < 1.29 is 14.1 Å². The third kappa shape index (κ3) is 3.28.